The summed E-state index contributed by atoms with van der Waals surface area (Å²) < 4.78 is 5.70. The number of phenolic OH excluding ortho intramolecular Hbond substituents is 1. The lowest BCUT2D eigenvalue weighted by atomic mass is 9.57. The molecular weight excluding hydrogens is 590 g/mol. The molecule has 4 atom stereocenters. The second-order valence-corrected chi connectivity index (χ2v) is 13.4. The number of rotatable bonds is 6. The maximum atomic E-state index is 14.1. The first-order valence-corrected chi connectivity index (χ1v) is 15.7. The van der Waals surface area contributed by atoms with Crippen molar-refractivity contribution in [2.45, 2.75) is 50.8 Å². The highest BCUT2D eigenvalue weighted by molar-refractivity contribution is 6.24. The van der Waals surface area contributed by atoms with Gasteiger partial charge in [-0.2, -0.15) is 0 Å². The number of ketones is 2. The molecule has 6 rings (SSSR count). The van der Waals surface area contributed by atoms with Gasteiger partial charge in [0.2, 0.25) is 5.78 Å². The first-order valence-electron chi connectivity index (χ1n) is 15.7. The summed E-state index contributed by atoms with van der Waals surface area (Å²) in [6.45, 7) is 4.97. The summed E-state index contributed by atoms with van der Waals surface area (Å²) in [5, 5.41) is 45.5. The number of likely N-dealkylation sites (tertiary alicyclic amines) is 1. The van der Waals surface area contributed by atoms with E-state index in [0.717, 1.165) is 48.4 Å². The number of piperidine rings is 1. The van der Waals surface area contributed by atoms with Crippen molar-refractivity contribution in [1.82, 2.24) is 9.80 Å². The summed E-state index contributed by atoms with van der Waals surface area (Å²) in [5.41, 5.74) is 5.03. The number of carbonyl (C=O) groups excluding carboxylic acids is 3. The van der Waals surface area contributed by atoms with Crippen LogP contribution in [0.4, 0.5) is 0 Å². The highest BCUT2D eigenvalue weighted by Crippen LogP contribution is 2.53. The molecule has 244 valence electrons. The molecule has 0 unspecified atom stereocenters. The summed E-state index contributed by atoms with van der Waals surface area (Å²) in [7, 11) is 4.80. The quantitative estimate of drug-likeness (QED) is 0.298. The smallest absolute Gasteiger partial charge is 0.255 e. The average molecular weight is 632 g/mol. The molecule has 11 heteroatoms. The monoisotopic (exact) mass is 631 g/mol. The van der Waals surface area contributed by atoms with E-state index in [2.05, 4.69) is 17.9 Å². The minimum Gasteiger partial charge on any atom is -0.508 e. The molecule has 4 aliphatic rings. The summed E-state index contributed by atoms with van der Waals surface area (Å²) in [6.07, 6.45) is 2.51. The molecule has 3 aliphatic carbocycles. The number of aliphatic hydroxyl groups excluding tert-OH is 2. The topological polar surface area (TPSA) is 174 Å². The minimum atomic E-state index is -2.67. The highest BCUT2D eigenvalue weighted by atomic mass is 16.5. The molecule has 6 N–H and O–H groups in total. The Bertz CT molecular complexity index is 1700. The number of aromatic hydroxyl groups is 1. The van der Waals surface area contributed by atoms with Crippen LogP contribution >= 0.6 is 0 Å². The van der Waals surface area contributed by atoms with Crippen LogP contribution in [0, 0.1) is 17.8 Å². The van der Waals surface area contributed by atoms with Crippen LogP contribution < -0.4 is 10.5 Å². The van der Waals surface area contributed by atoms with E-state index in [1.165, 1.54) is 11.0 Å². The summed E-state index contributed by atoms with van der Waals surface area (Å²) in [4.78, 5) is 43.6. The van der Waals surface area contributed by atoms with E-state index in [4.69, 9.17) is 10.5 Å². The number of hydrogen-bond acceptors (Lipinski definition) is 10. The Kier molecular flexibility index (Phi) is 7.98. The van der Waals surface area contributed by atoms with Gasteiger partial charge in [-0.05, 0) is 99.6 Å². The van der Waals surface area contributed by atoms with E-state index < -0.39 is 58.0 Å². The number of nitrogens with zero attached hydrogens (tertiary/aromatic N) is 2. The van der Waals surface area contributed by atoms with Gasteiger partial charge in [-0.1, -0.05) is 19.1 Å². The molecule has 1 saturated carbocycles. The van der Waals surface area contributed by atoms with Crippen LogP contribution in [-0.2, 0) is 27.3 Å². The fourth-order valence-electron chi connectivity index (χ4n) is 8.05. The highest BCUT2D eigenvalue weighted by Gasteiger charge is 2.64. The fraction of sp³-hybridized carbons (Fsp3) is 0.457. The number of carbonyl (C=O) groups is 3. The van der Waals surface area contributed by atoms with Crippen molar-refractivity contribution in [3.05, 3.63) is 63.9 Å². The van der Waals surface area contributed by atoms with E-state index in [0.29, 0.717) is 18.0 Å². The zero-order valence-corrected chi connectivity index (χ0v) is 26.5. The second kappa shape index (κ2) is 11.6. The third kappa shape index (κ3) is 4.80. The van der Waals surface area contributed by atoms with Crippen LogP contribution in [0.3, 0.4) is 0 Å². The number of hydrogen-bond donors (Lipinski definition) is 5. The van der Waals surface area contributed by atoms with Gasteiger partial charge in [0, 0.05) is 23.6 Å². The molecule has 0 aromatic heterocycles. The lowest BCUT2D eigenvalue weighted by molar-refractivity contribution is -0.153. The van der Waals surface area contributed by atoms with E-state index >= 15 is 0 Å². The van der Waals surface area contributed by atoms with Crippen molar-refractivity contribution in [2.24, 2.45) is 23.5 Å². The first-order chi connectivity index (χ1) is 21.8. The molecule has 1 saturated heterocycles. The van der Waals surface area contributed by atoms with Crippen LogP contribution in [0.25, 0.3) is 16.9 Å². The van der Waals surface area contributed by atoms with Gasteiger partial charge in [-0.15, -0.1) is 0 Å². The maximum absolute atomic E-state index is 14.1. The molecule has 0 radical (unpaired) electrons. The molecule has 2 fully saturated rings. The predicted molar refractivity (Wildman–Crippen MR) is 170 cm³/mol. The van der Waals surface area contributed by atoms with Gasteiger partial charge in [0.05, 0.1) is 18.7 Å². The number of phenols is 1. The van der Waals surface area contributed by atoms with Crippen molar-refractivity contribution in [3.63, 3.8) is 0 Å². The molecule has 0 bridgehead atoms. The number of Topliss-reactive ketones (excluding diaryl/α,β-unsaturated/α-hetero) is 2. The third-order valence-corrected chi connectivity index (χ3v) is 10.5. The van der Waals surface area contributed by atoms with Crippen molar-refractivity contribution in [2.75, 3.05) is 34.3 Å². The molecule has 2 aromatic carbocycles. The van der Waals surface area contributed by atoms with Gasteiger partial charge in [0.25, 0.3) is 5.91 Å². The minimum absolute atomic E-state index is 0.0299. The van der Waals surface area contributed by atoms with Crippen LogP contribution in [0.15, 0.2) is 47.2 Å². The predicted octanol–water partition coefficient (Wildman–Crippen LogP) is 2.87. The van der Waals surface area contributed by atoms with Gasteiger partial charge in [-0.25, -0.2) is 0 Å². The number of likely N-dealkylation sites (N-methyl/N-ethyl adjacent to an activating group) is 1. The Morgan fingerprint density at radius 3 is 2.43 bits per heavy atom. The normalized spacial score (nSPS) is 27.0. The number of amides is 1. The Hall–Kier alpha value is -4.19. The molecule has 1 heterocycles. The van der Waals surface area contributed by atoms with Crippen molar-refractivity contribution >= 4 is 23.2 Å². The zero-order valence-electron chi connectivity index (χ0n) is 26.5. The summed E-state index contributed by atoms with van der Waals surface area (Å²) in [5.74, 6) is -5.26. The van der Waals surface area contributed by atoms with E-state index in [1.54, 1.807) is 27.3 Å². The number of ether oxygens (including phenoxy) is 1. The number of nitrogens with two attached hydrogens (primary N) is 1. The Morgan fingerprint density at radius 1 is 1.11 bits per heavy atom. The van der Waals surface area contributed by atoms with Gasteiger partial charge in [-0.3, -0.25) is 24.2 Å². The number of methoxy groups -OCH3 is 1. The summed E-state index contributed by atoms with van der Waals surface area (Å²) in [6, 6.07) is 7.98. The van der Waals surface area contributed by atoms with Crippen LogP contribution in [0.2, 0.25) is 0 Å². The van der Waals surface area contributed by atoms with Crippen LogP contribution in [-0.4, -0.2) is 93.6 Å². The summed E-state index contributed by atoms with van der Waals surface area (Å²) >= 11 is 0. The molecule has 11 nitrogen and oxygen atoms in total. The van der Waals surface area contributed by atoms with Gasteiger partial charge >= 0.3 is 0 Å². The largest absolute Gasteiger partial charge is 0.508 e. The molecule has 1 aliphatic heterocycles. The van der Waals surface area contributed by atoms with E-state index in [9.17, 15) is 34.8 Å². The molecular formula is C35H41N3O8. The van der Waals surface area contributed by atoms with Crippen LogP contribution in [0.5, 0.6) is 11.5 Å². The molecule has 46 heavy (non-hydrogen) atoms. The molecule has 2 aromatic rings. The first kappa shape index (κ1) is 31.8. The van der Waals surface area contributed by atoms with Crippen molar-refractivity contribution in [1.29, 1.82) is 0 Å². The number of fused-ring (bicyclic) bond motifs is 3. The van der Waals surface area contributed by atoms with Gasteiger partial charge in [0.15, 0.2) is 11.4 Å². The standard InChI is InChI=1S/C35H41N3O8/c1-17-9-11-38(12-10-17)16-20-13-18(5-8-25(20)46-4)21-6-7-24(39)27-22(21)14-19-15-23-29(37(2)3)31(41)28(34(36)44)33(43)35(23,45)32(42)26(19)30(27)40/h5-8,13,17,19,23,29,39-40,43,45H,9-12,14-16H2,1-4H3,(H2,36,44)/t19-,23-,29-,35-/m0/s1. The van der Waals surface area contributed by atoms with Crippen molar-refractivity contribution in [3.8, 4) is 22.6 Å². The Labute approximate surface area is 267 Å². The number of aliphatic hydroxyl groups is 3. The third-order valence-electron chi connectivity index (χ3n) is 10.5. The van der Waals surface area contributed by atoms with E-state index in [-0.39, 0.29) is 29.7 Å². The molecule has 1 amide bonds. The zero-order chi connectivity index (χ0) is 33.2. The lowest BCUT2D eigenvalue weighted by Crippen LogP contribution is -2.65. The SMILES string of the molecule is COc1ccc(-c2ccc(O)c3c2C[C@H]2C[C@H]4[C@H](N(C)C)C(=O)C(C(N)=O)=C(O)[C@@]4(O)C(=O)C2=C3O)cc1CN1CCC(C)CC1. The van der Waals surface area contributed by atoms with E-state index in [1.807, 2.05) is 12.1 Å². The molecule has 0 spiro atoms. The maximum Gasteiger partial charge on any atom is 0.255 e. The van der Waals surface area contributed by atoms with Crippen LogP contribution in [0.1, 0.15) is 42.9 Å². The van der Waals surface area contributed by atoms with Gasteiger partial charge < -0.3 is 30.9 Å². The second-order valence-electron chi connectivity index (χ2n) is 13.4. The number of benzene rings is 2. The van der Waals surface area contributed by atoms with Crippen molar-refractivity contribution < 1.29 is 39.5 Å². The Balaban J connectivity index is 1.46. The Morgan fingerprint density at radius 2 is 1.80 bits per heavy atom. The number of primary amides is 1. The lowest BCUT2D eigenvalue weighted by Gasteiger charge is -2.50. The fourth-order valence-corrected chi connectivity index (χ4v) is 8.05. The average Bonchev–Trinajstić information content (AvgIpc) is 3.00. The van der Waals surface area contributed by atoms with Gasteiger partial charge in [0.1, 0.15) is 28.6 Å².